The largest absolute Gasteiger partial charge is 0.393 e. The summed E-state index contributed by atoms with van der Waals surface area (Å²) in [4.78, 5) is 25.9. The lowest BCUT2D eigenvalue weighted by molar-refractivity contribution is 0.0995. The van der Waals surface area contributed by atoms with E-state index in [4.69, 9.17) is 10.7 Å². The van der Waals surface area contributed by atoms with Crippen LogP contribution in [-0.4, -0.2) is 38.1 Å². The van der Waals surface area contributed by atoms with Crippen molar-refractivity contribution in [1.29, 1.82) is 0 Å². The van der Waals surface area contributed by atoms with Crippen molar-refractivity contribution in [3.63, 3.8) is 0 Å². The highest BCUT2D eigenvalue weighted by Gasteiger charge is 2.23. The number of carbonyl (C=O) groups excluding carboxylic acids is 1. The summed E-state index contributed by atoms with van der Waals surface area (Å²) in [6, 6.07) is 12.1. The molecule has 1 saturated carbocycles. The van der Waals surface area contributed by atoms with Crippen LogP contribution in [0.1, 0.15) is 55.2 Å². The highest BCUT2D eigenvalue weighted by molar-refractivity contribution is 5.96. The Hall–Kier alpha value is -3.52. The fraction of sp³-hybridized carbons (Fsp3) is 0.360. The van der Waals surface area contributed by atoms with E-state index in [2.05, 4.69) is 27.5 Å². The van der Waals surface area contributed by atoms with Gasteiger partial charge in [0, 0.05) is 17.8 Å². The number of aromatic nitrogens is 3. The predicted octanol–water partition coefficient (Wildman–Crippen LogP) is 4.05. The number of carbonyl (C=O) groups is 1. The molecule has 1 fully saturated rings. The van der Waals surface area contributed by atoms with E-state index < -0.39 is 5.91 Å². The van der Waals surface area contributed by atoms with Crippen LogP contribution < -0.4 is 16.4 Å². The third kappa shape index (κ3) is 5.64. The van der Waals surface area contributed by atoms with Gasteiger partial charge in [-0.3, -0.25) is 9.78 Å². The van der Waals surface area contributed by atoms with Gasteiger partial charge >= 0.3 is 0 Å². The second-order valence-corrected chi connectivity index (χ2v) is 8.43. The first-order chi connectivity index (χ1) is 16.0. The molecule has 0 unspecified atom stereocenters. The van der Waals surface area contributed by atoms with Crippen LogP contribution >= 0.6 is 0 Å². The number of benzene rings is 1. The lowest BCUT2D eigenvalue weighted by Gasteiger charge is -2.27. The van der Waals surface area contributed by atoms with E-state index >= 15 is 0 Å². The van der Waals surface area contributed by atoms with Gasteiger partial charge in [-0.1, -0.05) is 43.7 Å². The zero-order valence-corrected chi connectivity index (χ0v) is 18.8. The molecule has 0 radical (unpaired) electrons. The number of anilines is 3. The van der Waals surface area contributed by atoms with Gasteiger partial charge in [-0.15, -0.1) is 0 Å². The molecule has 2 aromatic heterocycles. The molecule has 1 aromatic carbocycles. The summed E-state index contributed by atoms with van der Waals surface area (Å²) in [7, 11) is 0. The van der Waals surface area contributed by atoms with Crippen LogP contribution in [-0.2, 0) is 6.42 Å². The number of aliphatic hydroxyl groups excluding tert-OH is 1. The summed E-state index contributed by atoms with van der Waals surface area (Å²) >= 11 is 0. The molecule has 1 aliphatic rings. The Morgan fingerprint density at radius 3 is 2.52 bits per heavy atom. The average molecular weight is 447 g/mol. The molecule has 0 saturated heterocycles. The van der Waals surface area contributed by atoms with E-state index in [0.29, 0.717) is 23.7 Å². The van der Waals surface area contributed by atoms with Crippen LogP contribution in [0.4, 0.5) is 17.3 Å². The maximum atomic E-state index is 12.2. The van der Waals surface area contributed by atoms with E-state index in [9.17, 15) is 9.90 Å². The molecule has 8 nitrogen and oxygen atoms in total. The summed E-state index contributed by atoms with van der Waals surface area (Å²) in [5.41, 5.74) is 9.15. The number of amides is 1. The minimum absolute atomic E-state index is 0.105. The van der Waals surface area contributed by atoms with Crippen molar-refractivity contribution in [2.45, 2.75) is 57.6 Å². The SMILES string of the molecule is CCCc1nc(C(N)=O)c(Nc2cncc(-c3ccccc3)c2)nc1N[C@H]1CC[C@H](O)CC1. The minimum atomic E-state index is -0.637. The fourth-order valence-corrected chi connectivity index (χ4v) is 4.10. The van der Waals surface area contributed by atoms with Crippen LogP contribution in [0, 0.1) is 0 Å². The molecule has 8 heteroatoms. The van der Waals surface area contributed by atoms with E-state index in [0.717, 1.165) is 48.9 Å². The Labute approximate surface area is 193 Å². The van der Waals surface area contributed by atoms with Crippen molar-refractivity contribution in [3.05, 3.63) is 60.2 Å². The summed E-state index contributed by atoms with van der Waals surface area (Å²) in [6.45, 7) is 2.05. The number of primary amides is 1. The Morgan fingerprint density at radius 1 is 1.06 bits per heavy atom. The standard InChI is InChI=1S/C25H30N6O2/c1-2-6-21-24(28-18-9-11-20(32)12-10-18)31-25(22(30-21)23(26)33)29-19-13-17(14-27-15-19)16-7-4-3-5-8-16/h3-5,7-8,13-15,18,20,32H,2,6,9-12H2,1H3,(H2,26,33)(H2,28,29,31)/t18-,20-. The molecule has 1 aliphatic carbocycles. The van der Waals surface area contributed by atoms with Gasteiger partial charge in [-0.05, 0) is 43.7 Å². The normalized spacial score (nSPS) is 18.0. The van der Waals surface area contributed by atoms with Gasteiger partial charge in [0.15, 0.2) is 17.3 Å². The number of nitrogens with zero attached hydrogens (tertiary/aromatic N) is 3. The van der Waals surface area contributed by atoms with Crippen LogP contribution in [0.15, 0.2) is 48.8 Å². The molecule has 0 spiro atoms. The zero-order chi connectivity index (χ0) is 23.2. The van der Waals surface area contributed by atoms with Crippen LogP contribution in [0.5, 0.6) is 0 Å². The van der Waals surface area contributed by atoms with E-state index in [1.807, 2.05) is 36.4 Å². The van der Waals surface area contributed by atoms with Crippen molar-refractivity contribution < 1.29 is 9.90 Å². The Kier molecular flexibility index (Phi) is 7.14. The van der Waals surface area contributed by atoms with E-state index in [1.165, 1.54) is 0 Å². The van der Waals surface area contributed by atoms with Crippen molar-refractivity contribution in [2.75, 3.05) is 10.6 Å². The second kappa shape index (κ2) is 10.4. The summed E-state index contributed by atoms with van der Waals surface area (Å²) in [6.07, 6.45) is 8.01. The molecular formula is C25H30N6O2. The van der Waals surface area contributed by atoms with Crippen molar-refractivity contribution in [2.24, 2.45) is 5.73 Å². The first-order valence-electron chi connectivity index (χ1n) is 11.5. The summed E-state index contributed by atoms with van der Waals surface area (Å²) < 4.78 is 0. The molecular weight excluding hydrogens is 416 g/mol. The fourth-order valence-electron chi connectivity index (χ4n) is 4.10. The number of pyridine rings is 1. The average Bonchev–Trinajstić information content (AvgIpc) is 2.83. The molecule has 4 rings (SSSR count). The first kappa shape index (κ1) is 22.7. The van der Waals surface area contributed by atoms with Gasteiger partial charge in [0.1, 0.15) is 0 Å². The highest BCUT2D eigenvalue weighted by atomic mass is 16.3. The number of nitrogens with two attached hydrogens (primary N) is 1. The van der Waals surface area contributed by atoms with Crippen LogP contribution in [0.2, 0.25) is 0 Å². The topological polar surface area (TPSA) is 126 Å². The molecule has 5 N–H and O–H groups in total. The second-order valence-electron chi connectivity index (χ2n) is 8.43. The Bertz CT molecular complexity index is 1100. The molecule has 3 aromatic rings. The van der Waals surface area contributed by atoms with Gasteiger partial charge in [0.05, 0.1) is 23.7 Å². The van der Waals surface area contributed by atoms with Crippen molar-refractivity contribution >= 4 is 23.2 Å². The third-order valence-corrected chi connectivity index (χ3v) is 5.83. The highest BCUT2D eigenvalue weighted by Crippen LogP contribution is 2.28. The number of nitrogens with one attached hydrogen (secondary N) is 2. The zero-order valence-electron chi connectivity index (χ0n) is 18.8. The molecule has 0 bridgehead atoms. The number of hydrogen-bond donors (Lipinski definition) is 4. The maximum absolute atomic E-state index is 12.2. The molecule has 1 amide bonds. The van der Waals surface area contributed by atoms with Gasteiger partial charge in [-0.2, -0.15) is 0 Å². The number of hydrogen-bond acceptors (Lipinski definition) is 7. The Morgan fingerprint density at radius 2 is 1.82 bits per heavy atom. The molecule has 33 heavy (non-hydrogen) atoms. The number of aliphatic hydroxyl groups is 1. The van der Waals surface area contributed by atoms with Crippen LogP contribution in [0.25, 0.3) is 11.1 Å². The lowest BCUT2D eigenvalue weighted by Crippen LogP contribution is -2.29. The van der Waals surface area contributed by atoms with Crippen LogP contribution in [0.3, 0.4) is 0 Å². The molecule has 2 heterocycles. The summed E-state index contributed by atoms with van der Waals surface area (Å²) in [5, 5.41) is 16.5. The smallest absolute Gasteiger partial charge is 0.271 e. The van der Waals surface area contributed by atoms with Crippen molar-refractivity contribution in [3.8, 4) is 11.1 Å². The van der Waals surface area contributed by atoms with Gasteiger partial charge in [-0.25, -0.2) is 9.97 Å². The first-order valence-corrected chi connectivity index (χ1v) is 11.5. The van der Waals surface area contributed by atoms with Gasteiger partial charge < -0.3 is 21.5 Å². The van der Waals surface area contributed by atoms with Crippen molar-refractivity contribution in [1.82, 2.24) is 15.0 Å². The third-order valence-electron chi connectivity index (χ3n) is 5.83. The monoisotopic (exact) mass is 446 g/mol. The van der Waals surface area contributed by atoms with E-state index in [-0.39, 0.29) is 17.8 Å². The van der Waals surface area contributed by atoms with E-state index in [1.54, 1.807) is 12.4 Å². The Balaban J connectivity index is 1.66. The lowest BCUT2D eigenvalue weighted by atomic mass is 9.93. The molecule has 0 atom stereocenters. The number of aryl methyl sites for hydroxylation is 1. The maximum Gasteiger partial charge on any atom is 0.271 e. The predicted molar refractivity (Wildman–Crippen MR) is 129 cm³/mol. The molecule has 0 aliphatic heterocycles. The molecule has 172 valence electrons. The quantitative estimate of drug-likeness (QED) is 0.411. The number of rotatable bonds is 8. The summed E-state index contributed by atoms with van der Waals surface area (Å²) in [5.74, 6) is 0.312. The van der Waals surface area contributed by atoms with Gasteiger partial charge in [0.2, 0.25) is 0 Å². The van der Waals surface area contributed by atoms with Gasteiger partial charge in [0.25, 0.3) is 5.91 Å². The minimum Gasteiger partial charge on any atom is -0.393 e.